The molecule has 0 saturated heterocycles. The standard InChI is InChI=1S/C57H42O3/c1-58-55-31-49-28-50(32-55)44-18-6-38(7-19-44)40-10-22-46(23-11-40)52-30-54(36-57(34-52)60-3)48-26-14-42(15-27-48)41-12-24-47(25-13-41)53-29-51(33-56(35-53)59-2)45-20-8-39(9-21-45)37-4-16-43(49)17-5-37/h4-36H,1-3H3. The van der Waals surface area contributed by atoms with Crippen molar-refractivity contribution < 1.29 is 14.2 Å². The first-order valence-electron chi connectivity index (χ1n) is 20.2. The number of methoxy groups -OCH3 is 3. The van der Waals surface area contributed by atoms with E-state index in [9.17, 15) is 0 Å². The molecule has 0 radical (unpaired) electrons. The van der Waals surface area contributed by atoms with E-state index in [4.69, 9.17) is 14.2 Å². The minimum absolute atomic E-state index is 0.824. The molecule has 0 amide bonds. The van der Waals surface area contributed by atoms with E-state index in [1.807, 2.05) is 0 Å². The van der Waals surface area contributed by atoms with Gasteiger partial charge in [0.15, 0.2) is 0 Å². The molecule has 18 bridgehead atoms. The van der Waals surface area contributed by atoms with Gasteiger partial charge in [-0.3, -0.25) is 0 Å². The molecular formula is C57H42O3. The molecule has 10 aliphatic carbocycles. The van der Waals surface area contributed by atoms with Crippen molar-refractivity contribution in [3.8, 4) is 117 Å². The summed E-state index contributed by atoms with van der Waals surface area (Å²) in [6, 6.07) is 72.1. The van der Waals surface area contributed by atoms with Gasteiger partial charge in [-0.1, -0.05) is 146 Å². The molecule has 0 saturated carbocycles. The molecule has 0 atom stereocenters. The Morgan fingerprint density at radius 3 is 0.400 bits per heavy atom. The third kappa shape index (κ3) is 7.23. The summed E-state index contributed by atoms with van der Waals surface area (Å²) in [6.07, 6.45) is 0. The Balaban J connectivity index is 1.07. The van der Waals surface area contributed by atoms with Gasteiger partial charge >= 0.3 is 0 Å². The van der Waals surface area contributed by atoms with Crippen molar-refractivity contribution in [2.75, 3.05) is 21.3 Å². The van der Waals surface area contributed by atoms with E-state index in [2.05, 4.69) is 200 Å². The van der Waals surface area contributed by atoms with Gasteiger partial charge in [0.25, 0.3) is 0 Å². The lowest BCUT2D eigenvalue weighted by atomic mass is 9.94. The van der Waals surface area contributed by atoms with E-state index < -0.39 is 0 Å². The lowest BCUT2D eigenvalue weighted by molar-refractivity contribution is 0.415. The maximum atomic E-state index is 5.80. The molecule has 0 spiro atoms. The van der Waals surface area contributed by atoms with Crippen molar-refractivity contribution in [2.45, 2.75) is 0 Å². The first-order chi connectivity index (χ1) is 29.5. The van der Waals surface area contributed by atoms with E-state index in [1.165, 1.54) is 0 Å². The quantitative estimate of drug-likeness (QED) is 0.179. The molecule has 0 N–H and O–H groups in total. The summed E-state index contributed by atoms with van der Waals surface area (Å²) in [4.78, 5) is 0. The Bertz CT molecular complexity index is 2440. The highest BCUT2D eigenvalue weighted by molar-refractivity contribution is 5.82. The molecule has 60 heavy (non-hydrogen) atoms. The first kappa shape index (κ1) is 36.7. The van der Waals surface area contributed by atoms with E-state index in [0.29, 0.717) is 0 Å². The average Bonchev–Trinajstić information content (AvgIpc) is 3.33. The zero-order chi connectivity index (χ0) is 40.6. The Morgan fingerprint density at radius 2 is 0.283 bits per heavy atom. The summed E-state index contributed by atoms with van der Waals surface area (Å²) < 4.78 is 17.4. The van der Waals surface area contributed by atoms with Crippen LogP contribution in [0.1, 0.15) is 0 Å². The Hall–Kier alpha value is -7.62. The molecular weight excluding hydrogens is 733 g/mol. The van der Waals surface area contributed by atoms with Crippen LogP contribution in [0.15, 0.2) is 200 Å². The van der Waals surface area contributed by atoms with Gasteiger partial charge in [0.05, 0.1) is 21.3 Å². The van der Waals surface area contributed by atoms with Gasteiger partial charge in [-0.15, -0.1) is 0 Å². The molecule has 19 rings (SSSR count). The van der Waals surface area contributed by atoms with Crippen LogP contribution in [0.25, 0.3) is 100 Å². The van der Waals surface area contributed by atoms with Crippen LogP contribution in [0.3, 0.4) is 0 Å². The van der Waals surface area contributed by atoms with Crippen LogP contribution in [-0.2, 0) is 0 Å². The van der Waals surface area contributed by atoms with Crippen molar-refractivity contribution in [3.63, 3.8) is 0 Å². The summed E-state index contributed by atoms with van der Waals surface area (Å²) in [7, 11) is 5.18. The second kappa shape index (κ2) is 15.6. The minimum atomic E-state index is 0.824. The van der Waals surface area contributed by atoms with Crippen LogP contribution >= 0.6 is 0 Å². The lowest BCUT2D eigenvalue weighted by Gasteiger charge is -2.12. The summed E-state index contributed by atoms with van der Waals surface area (Å²) >= 11 is 0. The van der Waals surface area contributed by atoms with Gasteiger partial charge in [0.1, 0.15) is 17.2 Å². The first-order valence-corrected chi connectivity index (χ1v) is 20.2. The van der Waals surface area contributed by atoms with E-state index in [1.54, 1.807) is 21.3 Å². The van der Waals surface area contributed by atoms with Gasteiger partial charge in [-0.2, -0.15) is 0 Å². The van der Waals surface area contributed by atoms with Gasteiger partial charge in [0.2, 0.25) is 0 Å². The summed E-state index contributed by atoms with van der Waals surface area (Å²) in [6.45, 7) is 0. The molecule has 0 fully saturated rings. The highest BCUT2D eigenvalue weighted by Crippen LogP contribution is 2.38. The summed E-state index contributed by atoms with van der Waals surface area (Å²) in [5, 5.41) is 0. The number of ether oxygens (including phenoxy) is 3. The van der Waals surface area contributed by atoms with Gasteiger partial charge in [0, 0.05) is 0 Å². The fourth-order valence-corrected chi connectivity index (χ4v) is 8.28. The third-order valence-corrected chi connectivity index (χ3v) is 11.7. The number of rotatable bonds is 3. The molecule has 10 aliphatic rings. The molecule has 288 valence electrons. The molecule has 0 unspecified atom stereocenters. The monoisotopic (exact) mass is 774 g/mol. The fraction of sp³-hybridized carbons (Fsp3) is 0.0526. The molecule has 9 aromatic rings. The Kier molecular flexibility index (Phi) is 9.55. The largest absolute Gasteiger partial charge is 0.497 e. The van der Waals surface area contributed by atoms with Crippen molar-refractivity contribution in [1.29, 1.82) is 0 Å². The minimum Gasteiger partial charge on any atom is -0.497 e. The zero-order valence-electron chi connectivity index (χ0n) is 33.8. The maximum absolute atomic E-state index is 5.80. The Morgan fingerprint density at radius 1 is 0.167 bits per heavy atom. The summed E-state index contributed by atoms with van der Waals surface area (Å²) in [5.41, 5.74) is 20.4. The zero-order valence-corrected chi connectivity index (χ0v) is 33.8. The van der Waals surface area contributed by atoms with Crippen molar-refractivity contribution in [3.05, 3.63) is 200 Å². The molecule has 9 aromatic carbocycles. The van der Waals surface area contributed by atoms with Gasteiger partial charge in [-0.05, 0) is 155 Å². The molecule has 0 aliphatic heterocycles. The topological polar surface area (TPSA) is 27.7 Å². The Labute approximate surface area is 351 Å². The van der Waals surface area contributed by atoms with Gasteiger partial charge in [-0.25, -0.2) is 0 Å². The summed E-state index contributed by atoms with van der Waals surface area (Å²) in [5.74, 6) is 2.47. The molecule has 0 heterocycles. The van der Waals surface area contributed by atoms with Crippen molar-refractivity contribution in [2.24, 2.45) is 0 Å². The van der Waals surface area contributed by atoms with E-state index >= 15 is 0 Å². The normalized spacial score (nSPS) is 11.2. The van der Waals surface area contributed by atoms with Crippen LogP contribution in [0.4, 0.5) is 0 Å². The fourth-order valence-electron chi connectivity index (χ4n) is 8.28. The second-order valence-corrected chi connectivity index (χ2v) is 15.3. The third-order valence-electron chi connectivity index (χ3n) is 11.7. The van der Waals surface area contributed by atoms with Crippen LogP contribution in [0.2, 0.25) is 0 Å². The maximum Gasteiger partial charge on any atom is 0.120 e. The van der Waals surface area contributed by atoms with Crippen LogP contribution in [0, 0.1) is 0 Å². The lowest BCUT2D eigenvalue weighted by Crippen LogP contribution is -1.89. The van der Waals surface area contributed by atoms with Crippen molar-refractivity contribution >= 4 is 0 Å². The number of hydrogen-bond donors (Lipinski definition) is 0. The van der Waals surface area contributed by atoms with Crippen molar-refractivity contribution in [1.82, 2.24) is 0 Å². The van der Waals surface area contributed by atoms with Gasteiger partial charge < -0.3 is 14.2 Å². The van der Waals surface area contributed by atoms with Crippen LogP contribution in [-0.4, -0.2) is 21.3 Å². The SMILES string of the molecule is COc1cc2cc(c1)-c1ccc(cc1)-c1ccc(cc1)-c1cc(OC)cc(c1)-c1ccc(cc1)-c1ccc(cc1)-c1cc(OC)cc(c1)-c1ccc(cc1)-c1ccc-2cc1. The number of hydrogen-bond acceptors (Lipinski definition) is 3. The molecule has 3 nitrogen and oxygen atoms in total. The average molecular weight is 775 g/mol. The smallest absolute Gasteiger partial charge is 0.120 e. The molecule has 0 aromatic heterocycles. The highest BCUT2D eigenvalue weighted by atomic mass is 16.5. The predicted octanol–water partition coefficient (Wildman–Crippen LogP) is 15.0. The van der Waals surface area contributed by atoms with E-state index in [-0.39, 0.29) is 0 Å². The highest BCUT2D eigenvalue weighted by Gasteiger charge is 2.12. The predicted molar refractivity (Wildman–Crippen MR) is 249 cm³/mol. The van der Waals surface area contributed by atoms with E-state index in [0.717, 1.165) is 117 Å². The van der Waals surface area contributed by atoms with Crippen LogP contribution < -0.4 is 14.2 Å². The molecule has 3 heteroatoms. The van der Waals surface area contributed by atoms with Crippen LogP contribution in [0.5, 0.6) is 17.2 Å². The second-order valence-electron chi connectivity index (χ2n) is 15.3. The number of benzene rings is 9.